The van der Waals surface area contributed by atoms with Crippen LogP contribution in [-0.4, -0.2) is 53.8 Å². The molecule has 5 aromatic heterocycles. The van der Waals surface area contributed by atoms with Gasteiger partial charge in [0.15, 0.2) is 0 Å². The van der Waals surface area contributed by atoms with Crippen molar-refractivity contribution in [3.05, 3.63) is 53.1 Å². The number of aromatic nitrogens is 8. The molecule has 5 aromatic rings. The fourth-order valence-corrected chi connectivity index (χ4v) is 3.83. The van der Waals surface area contributed by atoms with Gasteiger partial charge in [0.05, 0.1) is 29.0 Å². The Morgan fingerprint density at radius 3 is 2.67 bits per heavy atom. The normalized spacial score (nSPS) is 12.4. The Morgan fingerprint density at radius 2 is 1.94 bits per heavy atom. The molecule has 3 N–H and O–H groups in total. The zero-order valence-electron chi connectivity index (χ0n) is 18.8. The van der Waals surface area contributed by atoms with Crippen molar-refractivity contribution < 1.29 is 0 Å². The highest BCUT2D eigenvalue weighted by Gasteiger charge is 2.23. The number of hydrogen-bond donors (Lipinski definition) is 3. The maximum atomic E-state index is 13.3. The third-order valence-corrected chi connectivity index (χ3v) is 5.46. The molecule has 0 aliphatic heterocycles. The van der Waals surface area contributed by atoms with E-state index in [0.717, 1.165) is 11.3 Å². The van der Waals surface area contributed by atoms with Gasteiger partial charge in [-0.2, -0.15) is 5.10 Å². The van der Waals surface area contributed by atoms with Crippen molar-refractivity contribution in [3.63, 3.8) is 0 Å². The Morgan fingerprint density at radius 1 is 1.15 bits per heavy atom. The van der Waals surface area contributed by atoms with Crippen molar-refractivity contribution in [1.29, 1.82) is 0 Å². The quantitative estimate of drug-likeness (QED) is 0.364. The minimum absolute atomic E-state index is 0.219. The van der Waals surface area contributed by atoms with Gasteiger partial charge in [-0.1, -0.05) is 6.92 Å². The van der Waals surface area contributed by atoms with Crippen molar-refractivity contribution in [2.24, 2.45) is 7.05 Å². The lowest BCUT2D eigenvalue weighted by molar-refractivity contribution is 0.692. The Labute approximate surface area is 188 Å². The Balaban J connectivity index is 1.71. The highest BCUT2D eigenvalue weighted by Crippen LogP contribution is 2.33. The van der Waals surface area contributed by atoms with Gasteiger partial charge in [0.1, 0.15) is 34.1 Å². The average Bonchev–Trinajstić information content (AvgIpc) is 3.39. The number of hydrogen-bond acceptors (Lipinski definition) is 8. The fourth-order valence-electron chi connectivity index (χ4n) is 3.83. The van der Waals surface area contributed by atoms with Crippen molar-refractivity contribution in [1.82, 2.24) is 39.7 Å². The second-order valence-corrected chi connectivity index (χ2v) is 8.02. The number of imidazole rings is 1. The molecule has 0 fully saturated rings. The summed E-state index contributed by atoms with van der Waals surface area (Å²) >= 11 is 0. The zero-order chi connectivity index (χ0) is 23.1. The van der Waals surface area contributed by atoms with Crippen LogP contribution in [0.2, 0.25) is 0 Å². The van der Waals surface area contributed by atoms with E-state index in [-0.39, 0.29) is 11.6 Å². The summed E-state index contributed by atoms with van der Waals surface area (Å²) in [4.78, 5) is 39.3. The SMILES string of the molecule is CC[C@@H](Nc1c(-c2nc3cnc(N(C)C)cc3[nH]2)c(=O)[nH]c2cn(C)nc12)c1ncccn1. The average molecular weight is 445 g/mol. The summed E-state index contributed by atoms with van der Waals surface area (Å²) < 4.78 is 1.67. The summed E-state index contributed by atoms with van der Waals surface area (Å²) in [7, 11) is 5.66. The van der Waals surface area contributed by atoms with Crippen LogP contribution in [0.5, 0.6) is 0 Å². The van der Waals surface area contributed by atoms with E-state index in [9.17, 15) is 4.79 Å². The first kappa shape index (κ1) is 20.6. The smallest absolute Gasteiger partial charge is 0.261 e. The van der Waals surface area contributed by atoms with Crippen LogP contribution in [-0.2, 0) is 7.05 Å². The molecule has 11 nitrogen and oxygen atoms in total. The number of H-pyrrole nitrogens is 2. The number of nitrogens with zero attached hydrogens (tertiary/aromatic N) is 7. The standard InChI is InChI=1S/C22H24N10O/c1-5-12(20-23-7-6-8-24-20)26-19-17(22(33)29-15-11-32(4)30-18(15)19)21-27-13-9-16(31(2)3)25-10-14(13)28-21/h6-12,26H,5H2,1-4H3,(H,27,28)(H,29,33)/t12-/m1/s1. The van der Waals surface area contributed by atoms with E-state index in [4.69, 9.17) is 0 Å². The monoisotopic (exact) mass is 444 g/mol. The fraction of sp³-hybridized carbons (Fsp3) is 0.273. The van der Waals surface area contributed by atoms with Gasteiger partial charge < -0.3 is 20.2 Å². The van der Waals surface area contributed by atoms with Gasteiger partial charge in [-0.15, -0.1) is 0 Å². The van der Waals surface area contributed by atoms with Gasteiger partial charge in [-0.25, -0.2) is 19.9 Å². The first-order chi connectivity index (χ1) is 15.9. The summed E-state index contributed by atoms with van der Waals surface area (Å²) in [6.45, 7) is 2.03. The largest absolute Gasteiger partial charge is 0.372 e. The molecule has 0 amide bonds. The lowest BCUT2D eigenvalue weighted by Crippen LogP contribution is -2.18. The second-order valence-electron chi connectivity index (χ2n) is 8.02. The highest BCUT2D eigenvalue weighted by atomic mass is 16.1. The Kier molecular flexibility index (Phi) is 5.00. The van der Waals surface area contributed by atoms with E-state index < -0.39 is 0 Å². The van der Waals surface area contributed by atoms with Crippen LogP contribution in [0.15, 0.2) is 41.7 Å². The van der Waals surface area contributed by atoms with Crippen molar-refractivity contribution in [2.75, 3.05) is 24.3 Å². The van der Waals surface area contributed by atoms with Crippen molar-refractivity contribution in [2.45, 2.75) is 19.4 Å². The van der Waals surface area contributed by atoms with Crippen molar-refractivity contribution in [3.8, 4) is 11.4 Å². The molecule has 0 aromatic carbocycles. The summed E-state index contributed by atoms with van der Waals surface area (Å²) in [5.41, 5.74) is 3.39. The van der Waals surface area contributed by atoms with Gasteiger partial charge in [0.25, 0.3) is 5.56 Å². The summed E-state index contributed by atoms with van der Waals surface area (Å²) in [5.74, 6) is 1.86. The van der Waals surface area contributed by atoms with E-state index in [2.05, 4.69) is 40.3 Å². The predicted octanol–water partition coefficient (Wildman–Crippen LogP) is 2.62. The Hall–Kier alpha value is -4.28. The third-order valence-electron chi connectivity index (χ3n) is 5.46. The molecular weight excluding hydrogens is 420 g/mol. The number of rotatable bonds is 6. The minimum atomic E-state index is -0.276. The van der Waals surface area contributed by atoms with Crippen LogP contribution in [0.1, 0.15) is 25.2 Å². The van der Waals surface area contributed by atoms with E-state index in [1.165, 1.54) is 0 Å². The molecule has 0 radical (unpaired) electrons. The summed E-state index contributed by atoms with van der Waals surface area (Å²) in [5, 5.41) is 8.07. The molecule has 168 valence electrons. The number of aromatic amines is 2. The van der Waals surface area contributed by atoms with E-state index >= 15 is 0 Å². The number of anilines is 2. The molecule has 0 saturated carbocycles. The second kappa shape index (κ2) is 8.01. The molecule has 0 spiro atoms. The minimum Gasteiger partial charge on any atom is -0.372 e. The number of pyridine rings is 2. The third kappa shape index (κ3) is 3.67. The van der Waals surface area contributed by atoms with Gasteiger partial charge in [0, 0.05) is 45.8 Å². The lowest BCUT2D eigenvalue weighted by atomic mass is 10.1. The van der Waals surface area contributed by atoms with Crippen LogP contribution in [0.4, 0.5) is 11.5 Å². The molecule has 0 bridgehead atoms. The van der Waals surface area contributed by atoms with E-state index in [0.29, 0.717) is 45.9 Å². The van der Waals surface area contributed by atoms with Crippen LogP contribution in [0.3, 0.4) is 0 Å². The maximum Gasteiger partial charge on any atom is 0.261 e. The van der Waals surface area contributed by atoms with Crippen LogP contribution in [0.25, 0.3) is 33.5 Å². The molecule has 5 heterocycles. The van der Waals surface area contributed by atoms with Crippen LogP contribution < -0.4 is 15.8 Å². The lowest BCUT2D eigenvalue weighted by Gasteiger charge is -2.18. The van der Waals surface area contributed by atoms with Crippen molar-refractivity contribution >= 4 is 33.6 Å². The first-order valence-corrected chi connectivity index (χ1v) is 10.6. The van der Waals surface area contributed by atoms with Gasteiger partial charge >= 0.3 is 0 Å². The molecule has 5 rings (SSSR count). The van der Waals surface area contributed by atoms with Crippen LogP contribution in [0, 0.1) is 0 Å². The molecule has 33 heavy (non-hydrogen) atoms. The molecule has 0 aliphatic rings. The maximum absolute atomic E-state index is 13.3. The summed E-state index contributed by atoms with van der Waals surface area (Å²) in [6.07, 6.45) is 7.59. The first-order valence-electron chi connectivity index (χ1n) is 10.6. The molecule has 0 unspecified atom stereocenters. The molecule has 0 aliphatic carbocycles. The van der Waals surface area contributed by atoms with Gasteiger partial charge in [-0.3, -0.25) is 9.48 Å². The molecule has 11 heteroatoms. The molecule has 1 atom stereocenters. The Bertz CT molecular complexity index is 1500. The highest BCUT2D eigenvalue weighted by molar-refractivity contribution is 5.96. The van der Waals surface area contributed by atoms with Gasteiger partial charge in [-0.05, 0) is 12.5 Å². The topological polar surface area (TPSA) is 133 Å². The van der Waals surface area contributed by atoms with E-state index in [1.54, 1.807) is 35.5 Å². The molecule has 0 saturated heterocycles. The van der Waals surface area contributed by atoms with Crippen LogP contribution >= 0.6 is 0 Å². The number of nitrogens with one attached hydrogen (secondary N) is 3. The number of aryl methyl sites for hydroxylation is 1. The number of fused-ring (bicyclic) bond motifs is 2. The summed E-state index contributed by atoms with van der Waals surface area (Å²) in [6, 6.07) is 3.46. The van der Waals surface area contributed by atoms with Gasteiger partial charge in [0.2, 0.25) is 0 Å². The molecular formula is C22H24N10O. The zero-order valence-corrected chi connectivity index (χ0v) is 18.8. The predicted molar refractivity (Wildman–Crippen MR) is 127 cm³/mol. The van der Waals surface area contributed by atoms with E-state index in [1.807, 2.05) is 39.0 Å².